The summed E-state index contributed by atoms with van der Waals surface area (Å²) in [6.07, 6.45) is -0.235. The lowest BCUT2D eigenvalue weighted by molar-refractivity contribution is 0.669. The predicted octanol–water partition coefficient (Wildman–Crippen LogP) is 12.9. The molecule has 0 spiro atoms. The lowest BCUT2D eigenvalue weighted by Crippen LogP contribution is -2.33. The van der Waals surface area contributed by atoms with Gasteiger partial charge in [-0.3, -0.25) is 0 Å². The molecule has 4 heteroatoms. The first-order chi connectivity index (χ1) is 27.2. The van der Waals surface area contributed by atoms with Crippen molar-refractivity contribution in [1.82, 2.24) is 5.32 Å². The number of benzene rings is 9. The van der Waals surface area contributed by atoms with Gasteiger partial charge in [0.1, 0.15) is 23.2 Å². The largest absolute Gasteiger partial charge is 0.456 e. The highest BCUT2D eigenvalue weighted by Crippen LogP contribution is 2.39. The van der Waals surface area contributed by atoms with Crippen molar-refractivity contribution >= 4 is 65.9 Å². The van der Waals surface area contributed by atoms with Gasteiger partial charge in [0.05, 0.1) is 0 Å². The molecular formula is C51H33N3O. The van der Waals surface area contributed by atoms with Crippen molar-refractivity contribution in [1.29, 1.82) is 0 Å². The molecule has 0 saturated carbocycles. The Morgan fingerprint density at radius 2 is 0.873 bits per heavy atom. The van der Waals surface area contributed by atoms with Gasteiger partial charge >= 0.3 is 0 Å². The Morgan fingerprint density at radius 3 is 1.56 bits per heavy atom. The van der Waals surface area contributed by atoms with Crippen LogP contribution in [0.5, 0.6) is 0 Å². The first kappa shape index (κ1) is 31.2. The zero-order valence-corrected chi connectivity index (χ0v) is 29.8. The van der Waals surface area contributed by atoms with Gasteiger partial charge in [0.15, 0.2) is 5.84 Å². The van der Waals surface area contributed by atoms with Crippen molar-refractivity contribution in [2.45, 2.75) is 6.17 Å². The van der Waals surface area contributed by atoms with E-state index in [9.17, 15) is 0 Å². The summed E-state index contributed by atoms with van der Waals surface area (Å²) in [5.41, 5.74) is 9.40. The molecule has 11 rings (SSSR count). The van der Waals surface area contributed by atoms with E-state index in [1.54, 1.807) is 0 Å². The van der Waals surface area contributed by atoms with Crippen LogP contribution in [-0.4, -0.2) is 11.7 Å². The van der Waals surface area contributed by atoms with Gasteiger partial charge < -0.3 is 9.73 Å². The third kappa shape index (κ3) is 5.38. The fraction of sp³-hybridized carbons (Fsp3) is 0.0196. The van der Waals surface area contributed by atoms with Crippen molar-refractivity contribution in [3.63, 3.8) is 0 Å². The molecular weight excluding hydrogens is 671 g/mol. The molecule has 1 unspecified atom stereocenters. The SMILES string of the molecule is c1ccc(C2=NC(c3ccccc3)NC(c3ccc(-c4ccc5c(c4)oc4ccc(-c6ccc7c8ccccc8c8ccccc8c7c6)cc45)cc3)=N2)cc1. The van der Waals surface area contributed by atoms with E-state index in [0.717, 1.165) is 55.6 Å². The lowest BCUT2D eigenvalue weighted by Gasteiger charge is -2.23. The van der Waals surface area contributed by atoms with Crippen LogP contribution in [0, 0.1) is 0 Å². The van der Waals surface area contributed by atoms with Crippen LogP contribution in [0.15, 0.2) is 202 Å². The highest BCUT2D eigenvalue weighted by molar-refractivity contribution is 6.26. The van der Waals surface area contributed by atoms with E-state index in [0.29, 0.717) is 5.84 Å². The molecule has 0 aliphatic carbocycles. The van der Waals surface area contributed by atoms with Gasteiger partial charge in [-0.2, -0.15) is 0 Å². The molecule has 0 radical (unpaired) electrons. The van der Waals surface area contributed by atoms with Crippen LogP contribution in [0.1, 0.15) is 22.9 Å². The highest BCUT2D eigenvalue weighted by Gasteiger charge is 2.21. The molecule has 4 nitrogen and oxygen atoms in total. The van der Waals surface area contributed by atoms with Crippen molar-refractivity contribution in [3.05, 3.63) is 205 Å². The third-order valence-electron chi connectivity index (χ3n) is 10.9. The smallest absolute Gasteiger partial charge is 0.159 e. The molecule has 55 heavy (non-hydrogen) atoms. The summed E-state index contributed by atoms with van der Waals surface area (Å²) in [5, 5.41) is 13.5. The van der Waals surface area contributed by atoms with Gasteiger partial charge in [-0.15, -0.1) is 0 Å². The fourth-order valence-corrected chi connectivity index (χ4v) is 8.16. The second kappa shape index (κ2) is 12.7. The first-order valence-electron chi connectivity index (χ1n) is 18.7. The summed E-state index contributed by atoms with van der Waals surface area (Å²) in [5.74, 6) is 1.51. The number of nitrogens with one attached hydrogen (secondary N) is 1. The first-order valence-corrected chi connectivity index (χ1v) is 18.7. The molecule has 1 atom stereocenters. The second-order valence-electron chi connectivity index (χ2n) is 14.2. The van der Waals surface area contributed by atoms with Crippen LogP contribution in [0.3, 0.4) is 0 Å². The quantitative estimate of drug-likeness (QED) is 0.181. The molecule has 9 aromatic carbocycles. The summed E-state index contributed by atoms with van der Waals surface area (Å²) in [6, 6.07) is 66.4. The minimum atomic E-state index is -0.235. The molecule has 1 aliphatic heterocycles. The van der Waals surface area contributed by atoms with E-state index in [2.05, 4.69) is 157 Å². The van der Waals surface area contributed by atoms with Gasteiger partial charge in [-0.1, -0.05) is 158 Å². The summed E-state index contributed by atoms with van der Waals surface area (Å²) in [6.45, 7) is 0. The zero-order chi connectivity index (χ0) is 36.3. The number of rotatable bonds is 5. The molecule has 2 heterocycles. The molecule has 0 saturated heterocycles. The van der Waals surface area contributed by atoms with E-state index in [-0.39, 0.29) is 6.17 Å². The van der Waals surface area contributed by atoms with E-state index < -0.39 is 0 Å². The molecule has 10 aromatic rings. The van der Waals surface area contributed by atoms with Crippen LogP contribution >= 0.6 is 0 Å². The van der Waals surface area contributed by atoms with Crippen molar-refractivity contribution in [2.75, 3.05) is 0 Å². The predicted molar refractivity (Wildman–Crippen MR) is 229 cm³/mol. The van der Waals surface area contributed by atoms with Crippen molar-refractivity contribution in [3.8, 4) is 22.3 Å². The van der Waals surface area contributed by atoms with Gasteiger partial charge in [0.2, 0.25) is 0 Å². The lowest BCUT2D eigenvalue weighted by atomic mass is 9.92. The maximum absolute atomic E-state index is 6.47. The Morgan fingerprint density at radius 1 is 0.364 bits per heavy atom. The summed E-state index contributed by atoms with van der Waals surface area (Å²) < 4.78 is 6.47. The number of nitrogens with zero attached hydrogens (tertiary/aromatic N) is 2. The molecule has 1 aromatic heterocycles. The van der Waals surface area contributed by atoms with Gasteiger partial charge in [-0.25, -0.2) is 9.98 Å². The van der Waals surface area contributed by atoms with Crippen molar-refractivity contribution < 1.29 is 4.42 Å². The number of hydrogen-bond donors (Lipinski definition) is 1. The topological polar surface area (TPSA) is 49.9 Å². The van der Waals surface area contributed by atoms with Crippen LogP contribution in [-0.2, 0) is 0 Å². The van der Waals surface area contributed by atoms with Gasteiger partial charge in [0.25, 0.3) is 0 Å². The maximum Gasteiger partial charge on any atom is 0.159 e. The summed E-state index contributed by atoms with van der Waals surface area (Å²) >= 11 is 0. The van der Waals surface area contributed by atoms with E-state index >= 15 is 0 Å². The molecule has 0 amide bonds. The Balaban J connectivity index is 0.924. The van der Waals surface area contributed by atoms with Gasteiger partial charge in [0, 0.05) is 21.9 Å². The average molecular weight is 704 g/mol. The Hall–Kier alpha value is -7.30. The highest BCUT2D eigenvalue weighted by atomic mass is 16.3. The summed E-state index contributed by atoms with van der Waals surface area (Å²) in [4.78, 5) is 9.95. The number of hydrogen-bond acceptors (Lipinski definition) is 4. The Labute approximate surface area is 317 Å². The Bertz CT molecular complexity index is 3120. The second-order valence-corrected chi connectivity index (χ2v) is 14.2. The zero-order valence-electron chi connectivity index (χ0n) is 29.8. The van der Waals surface area contributed by atoms with E-state index in [4.69, 9.17) is 14.4 Å². The van der Waals surface area contributed by atoms with Gasteiger partial charge in [-0.05, 0) is 90.5 Å². The third-order valence-corrected chi connectivity index (χ3v) is 10.9. The van der Waals surface area contributed by atoms with Crippen molar-refractivity contribution in [2.24, 2.45) is 9.98 Å². The molecule has 258 valence electrons. The monoisotopic (exact) mass is 703 g/mol. The van der Waals surface area contributed by atoms with Crippen LogP contribution in [0.2, 0.25) is 0 Å². The van der Waals surface area contributed by atoms with E-state index in [1.165, 1.54) is 43.4 Å². The Kier molecular flexibility index (Phi) is 7.20. The maximum atomic E-state index is 6.47. The normalized spacial score (nSPS) is 14.4. The molecule has 0 bridgehead atoms. The standard InChI is InChI=1S/C51H33N3O/c1-3-11-33(12-4-1)49-52-50(34-13-5-2-6-14-34)54-51(53-49)35-21-19-32(20-22-35)38-24-27-44-46-30-37(25-28-47(46)55-48(44)31-38)36-23-26-43-41-17-8-7-15-39(41)40-16-9-10-18-42(40)45(43)29-36/h1-31,49H,(H,52,53,54). The fourth-order valence-electron chi connectivity index (χ4n) is 8.16. The minimum Gasteiger partial charge on any atom is -0.456 e. The minimum absolute atomic E-state index is 0.235. The number of furan rings is 1. The number of aliphatic imine (C=N–C) groups is 2. The average Bonchev–Trinajstić information content (AvgIpc) is 3.64. The molecule has 1 N–H and O–H groups in total. The molecule has 1 aliphatic rings. The molecule has 0 fully saturated rings. The number of fused-ring (bicyclic) bond motifs is 9. The number of amidine groups is 2. The van der Waals surface area contributed by atoms with Crippen LogP contribution in [0.25, 0.3) is 76.5 Å². The van der Waals surface area contributed by atoms with Crippen LogP contribution in [0.4, 0.5) is 0 Å². The van der Waals surface area contributed by atoms with E-state index in [1.807, 2.05) is 36.4 Å². The summed E-state index contributed by atoms with van der Waals surface area (Å²) in [7, 11) is 0. The van der Waals surface area contributed by atoms with Crippen LogP contribution < -0.4 is 5.32 Å².